The molecule has 1 rings (SSSR count). The van der Waals surface area contributed by atoms with Crippen molar-refractivity contribution in [1.82, 2.24) is 5.32 Å². The van der Waals surface area contributed by atoms with Crippen LogP contribution in [0.4, 0.5) is 0 Å². The van der Waals surface area contributed by atoms with E-state index in [-0.39, 0.29) is 12.5 Å². The van der Waals surface area contributed by atoms with Crippen molar-refractivity contribution in [1.29, 1.82) is 0 Å². The summed E-state index contributed by atoms with van der Waals surface area (Å²) in [5.41, 5.74) is 0.213. The van der Waals surface area contributed by atoms with Crippen LogP contribution in [-0.2, 0) is 11.3 Å². The molecular formula is C13H19NO3. The van der Waals surface area contributed by atoms with Gasteiger partial charge in [0.25, 0.3) is 0 Å². The number of nitrogens with one attached hydrogen (secondary N) is 1. The van der Waals surface area contributed by atoms with E-state index in [0.29, 0.717) is 6.54 Å². The zero-order chi connectivity index (χ0) is 12.9. The van der Waals surface area contributed by atoms with Crippen LogP contribution in [0, 0.1) is 5.41 Å². The Labute approximate surface area is 102 Å². The molecule has 0 bridgehead atoms. The molecule has 0 heterocycles. The highest BCUT2D eigenvalue weighted by Crippen LogP contribution is 2.15. The summed E-state index contributed by atoms with van der Waals surface area (Å²) < 4.78 is 5.10. The van der Waals surface area contributed by atoms with Crippen LogP contribution in [0.25, 0.3) is 0 Å². The number of carbonyl (C=O) groups excluding carboxylic acids is 1. The van der Waals surface area contributed by atoms with Crippen molar-refractivity contribution in [2.24, 2.45) is 5.41 Å². The second-order valence-corrected chi connectivity index (χ2v) is 4.58. The van der Waals surface area contributed by atoms with Gasteiger partial charge in [-0.1, -0.05) is 12.1 Å². The van der Waals surface area contributed by atoms with Crippen LogP contribution in [-0.4, -0.2) is 24.7 Å². The van der Waals surface area contributed by atoms with E-state index in [1.165, 1.54) is 0 Å². The molecule has 0 saturated carbocycles. The smallest absolute Gasteiger partial charge is 0.228 e. The Bertz CT molecular complexity index is 388. The summed E-state index contributed by atoms with van der Waals surface area (Å²) in [6.07, 6.45) is 0. The van der Waals surface area contributed by atoms with Gasteiger partial charge < -0.3 is 15.2 Å². The Morgan fingerprint density at radius 2 is 2.18 bits per heavy atom. The molecule has 4 nitrogen and oxygen atoms in total. The maximum atomic E-state index is 11.7. The fourth-order valence-electron chi connectivity index (χ4n) is 1.28. The molecule has 0 unspecified atom stereocenters. The molecule has 94 valence electrons. The van der Waals surface area contributed by atoms with Crippen molar-refractivity contribution in [3.63, 3.8) is 0 Å². The molecule has 0 aliphatic rings. The molecule has 0 spiro atoms. The summed E-state index contributed by atoms with van der Waals surface area (Å²) in [4.78, 5) is 11.7. The van der Waals surface area contributed by atoms with Crippen LogP contribution in [0.15, 0.2) is 24.3 Å². The monoisotopic (exact) mass is 237 g/mol. The van der Waals surface area contributed by atoms with E-state index in [1.807, 2.05) is 24.3 Å². The number of aliphatic hydroxyl groups excluding tert-OH is 1. The molecule has 0 radical (unpaired) electrons. The van der Waals surface area contributed by atoms with Crippen molar-refractivity contribution in [3.05, 3.63) is 29.8 Å². The lowest BCUT2D eigenvalue weighted by Gasteiger charge is -2.20. The average molecular weight is 237 g/mol. The van der Waals surface area contributed by atoms with Crippen LogP contribution in [0.5, 0.6) is 5.75 Å². The number of ether oxygens (including phenoxy) is 1. The van der Waals surface area contributed by atoms with E-state index in [4.69, 9.17) is 9.84 Å². The van der Waals surface area contributed by atoms with Gasteiger partial charge in [0.15, 0.2) is 0 Å². The van der Waals surface area contributed by atoms with Gasteiger partial charge in [0.2, 0.25) is 5.91 Å². The molecule has 1 aromatic rings. The van der Waals surface area contributed by atoms with Crippen molar-refractivity contribution >= 4 is 5.91 Å². The Morgan fingerprint density at radius 3 is 2.76 bits per heavy atom. The molecule has 0 aliphatic heterocycles. The van der Waals surface area contributed by atoms with Crippen LogP contribution in [0.3, 0.4) is 0 Å². The third-order valence-electron chi connectivity index (χ3n) is 2.60. The molecule has 1 amide bonds. The van der Waals surface area contributed by atoms with Gasteiger partial charge in [0.1, 0.15) is 5.75 Å². The van der Waals surface area contributed by atoms with Gasteiger partial charge in [-0.2, -0.15) is 0 Å². The number of carbonyl (C=O) groups is 1. The average Bonchev–Trinajstić information content (AvgIpc) is 2.36. The van der Waals surface area contributed by atoms with E-state index < -0.39 is 5.41 Å². The molecule has 0 fully saturated rings. The minimum Gasteiger partial charge on any atom is -0.497 e. The molecule has 4 heteroatoms. The van der Waals surface area contributed by atoms with Crippen LogP contribution < -0.4 is 10.1 Å². The van der Waals surface area contributed by atoms with Gasteiger partial charge >= 0.3 is 0 Å². The van der Waals surface area contributed by atoms with Gasteiger partial charge in [-0.25, -0.2) is 0 Å². The zero-order valence-corrected chi connectivity index (χ0v) is 10.5. The topological polar surface area (TPSA) is 58.6 Å². The molecule has 0 aromatic heterocycles. The first-order chi connectivity index (χ1) is 7.99. The molecule has 0 atom stereocenters. The summed E-state index contributed by atoms with van der Waals surface area (Å²) in [5, 5.41) is 11.8. The van der Waals surface area contributed by atoms with Gasteiger partial charge in [-0.3, -0.25) is 4.79 Å². The second kappa shape index (κ2) is 5.68. The third kappa shape index (κ3) is 3.75. The van der Waals surface area contributed by atoms with Gasteiger partial charge in [-0.05, 0) is 31.5 Å². The van der Waals surface area contributed by atoms with Gasteiger partial charge in [0, 0.05) is 6.54 Å². The minimum absolute atomic E-state index is 0.164. The summed E-state index contributed by atoms with van der Waals surface area (Å²) in [6, 6.07) is 7.50. The predicted molar refractivity (Wildman–Crippen MR) is 65.7 cm³/mol. The van der Waals surface area contributed by atoms with Gasteiger partial charge in [0.05, 0.1) is 19.1 Å². The van der Waals surface area contributed by atoms with Crippen molar-refractivity contribution < 1.29 is 14.6 Å². The highest BCUT2D eigenvalue weighted by atomic mass is 16.5. The lowest BCUT2D eigenvalue weighted by molar-refractivity contribution is -0.131. The molecular weight excluding hydrogens is 218 g/mol. The Hall–Kier alpha value is -1.55. The predicted octanol–water partition coefficient (Wildman–Crippen LogP) is 1.33. The van der Waals surface area contributed by atoms with E-state index in [9.17, 15) is 4.79 Å². The molecule has 0 aliphatic carbocycles. The zero-order valence-electron chi connectivity index (χ0n) is 10.5. The number of methoxy groups -OCH3 is 1. The lowest BCUT2D eigenvalue weighted by Crippen LogP contribution is -2.38. The number of benzene rings is 1. The summed E-state index contributed by atoms with van der Waals surface area (Å²) >= 11 is 0. The number of hydrogen-bond donors (Lipinski definition) is 2. The highest BCUT2D eigenvalue weighted by Gasteiger charge is 2.25. The fraction of sp³-hybridized carbons (Fsp3) is 0.462. The lowest BCUT2D eigenvalue weighted by atomic mass is 9.94. The largest absolute Gasteiger partial charge is 0.497 e. The first-order valence-electron chi connectivity index (χ1n) is 5.51. The van der Waals surface area contributed by atoms with Crippen molar-refractivity contribution in [2.75, 3.05) is 13.7 Å². The number of aliphatic hydroxyl groups is 1. The third-order valence-corrected chi connectivity index (χ3v) is 2.60. The Balaban J connectivity index is 2.58. The number of rotatable bonds is 5. The van der Waals surface area contributed by atoms with E-state index in [2.05, 4.69) is 5.32 Å². The summed E-state index contributed by atoms with van der Waals surface area (Å²) in [5.74, 6) is 0.598. The van der Waals surface area contributed by atoms with Crippen LogP contribution in [0.2, 0.25) is 0 Å². The second-order valence-electron chi connectivity index (χ2n) is 4.58. The quantitative estimate of drug-likeness (QED) is 0.812. The van der Waals surface area contributed by atoms with Gasteiger partial charge in [-0.15, -0.1) is 0 Å². The van der Waals surface area contributed by atoms with E-state index in [0.717, 1.165) is 11.3 Å². The summed E-state index contributed by atoms with van der Waals surface area (Å²) in [6.45, 7) is 3.66. The van der Waals surface area contributed by atoms with Crippen molar-refractivity contribution in [2.45, 2.75) is 20.4 Å². The van der Waals surface area contributed by atoms with E-state index in [1.54, 1.807) is 21.0 Å². The minimum atomic E-state index is -0.751. The fourth-order valence-corrected chi connectivity index (χ4v) is 1.28. The molecule has 2 N–H and O–H groups in total. The standard InChI is InChI=1S/C13H19NO3/c1-13(2,9-15)12(16)14-8-10-5-4-6-11(7-10)17-3/h4-7,15H,8-9H2,1-3H3,(H,14,16). The first-order valence-corrected chi connectivity index (χ1v) is 5.51. The maximum Gasteiger partial charge on any atom is 0.228 e. The molecule has 1 aromatic carbocycles. The summed E-state index contributed by atoms with van der Waals surface area (Å²) in [7, 11) is 1.60. The molecule has 0 saturated heterocycles. The molecule has 17 heavy (non-hydrogen) atoms. The Morgan fingerprint density at radius 1 is 1.47 bits per heavy atom. The van der Waals surface area contributed by atoms with Crippen molar-refractivity contribution in [3.8, 4) is 5.75 Å². The number of amides is 1. The highest BCUT2D eigenvalue weighted by molar-refractivity contribution is 5.81. The number of hydrogen-bond acceptors (Lipinski definition) is 3. The van der Waals surface area contributed by atoms with E-state index >= 15 is 0 Å². The first kappa shape index (κ1) is 13.5. The normalized spacial score (nSPS) is 11.1. The van der Waals surface area contributed by atoms with Crippen LogP contribution in [0.1, 0.15) is 19.4 Å². The SMILES string of the molecule is COc1cccc(CNC(=O)C(C)(C)CO)c1. The Kier molecular flexibility index (Phi) is 4.52. The maximum absolute atomic E-state index is 11.7. The van der Waals surface area contributed by atoms with Crippen LogP contribution >= 0.6 is 0 Å².